The molecule has 1 aromatic carbocycles. The summed E-state index contributed by atoms with van der Waals surface area (Å²) in [4.78, 5) is 23.6. The molecule has 0 spiro atoms. The van der Waals surface area contributed by atoms with E-state index in [2.05, 4.69) is 15.9 Å². The number of nitrogens with zero attached hydrogens (tertiary/aromatic N) is 1. The van der Waals surface area contributed by atoms with Crippen LogP contribution in [0.1, 0.15) is 10.4 Å². The summed E-state index contributed by atoms with van der Waals surface area (Å²) in [5.41, 5.74) is 0.174. The van der Waals surface area contributed by atoms with E-state index in [-0.39, 0.29) is 11.3 Å². The lowest BCUT2D eigenvalue weighted by Gasteiger charge is -2.09. The summed E-state index contributed by atoms with van der Waals surface area (Å²) in [6, 6.07) is 2.67. The molecule has 1 aromatic rings. The van der Waals surface area contributed by atoms with E-state index >= 15 is 0 Å². The largest absolute Gasteiger partial charge is 0.305 e. The number of Topliss-reactive ketones (excluding diaryl/α,β-unsaturated/α-hetero) is 1. The molecule has 1 heterocycles. The molecule has 14 heavy (non-hydrogen) atoms. The van der Waals surface area contributed by atoms with Crippen LogP contribution in [0.2, 0.25) is 0 Å². The summed E-state index contributed by atoms with van der Waals surface area (Å²) >= 11 is 3.06. The normalized spacial score (nSPS) is 14.9. The second-order valence-corrected chi connectivity index (χ2v) is 3.89. The van der Waals surface area contributed by atoms with E-state index in [9.17, 15) is 14.0 Å². The van der Waals surface area contributed by atoms with Crippen molar-refractivity contribution in [2.45, 2.75) is 0 Å². The van der Waals surface area contributed by atoms with E-state index in [1.807, 2.05) is 0 Å². The molecular formula is C9H5BrFNO2. The lowest BCUT2D eigenvalue weighted by molar-refractivity contribution is -0.114. The fourth-order valence-corrected chi connectivity index (χ4v) is 1.88. The molecule has 1 amide bonds. The minimum absolute atomic E-state index is 0.0585. The summed E-state index contributed by atoms with van der Waals surface area (Å²) in [6.45, 7) is 0. The van der Waals surface area contributed by atoms with Gasteiger partial charge in [-0.15, -0.1) is 0 Å². The van der Waals surface area contributed by atoms with E-state index < -0.39 is 17.5 Å². The summed E-state index contributed by atoms with van der Waals surface area (Å²) < 4.78 is 13.8. The van der Waals surface area contributed by atoms with Crippen molar-refractivity contribution >= 4 is 33.3 Å². The molecule has 2 rings (SSSR count). The van der Waals surface area contributed by atoms with Gasteiger partial charge in [0.05, 0.1) is 11.3 Å². The summed E-state index contributed by atoms with van der Waals surface area (Å²) in [5, 5.41) is 0. The highest BCUT2D eigenvalue weighted by Gasteiger charge is 2.35. The molecule has 0 saturated heterocycles. The predicted molar refractivity (Wildman–Crippen MR) is 51.8 cm³/mol. The number of amides is 1. The molecule has 0 atom stereocenters. The van der Waals surface area contributed by atoms with Gasteiger partial charge in [-0.3, -0.25) is 9.59 Å². The number of carbonyl (C=O) groups is 2. The number of halogens is 2. The molecule has 3 nitrogen and oxygen atoms in total. The molecule has 0 aliphatic carbocycles. The number of hydrogen-bond donors (Lipinski definition) is 0. The van der Waals surface area contributed by atoms with Crippen LogP contribution in [0.5, 0.6) is 0 Å². The van der Waals surface area contributed by atoms with Crippen molar-refractivity contribution < 1.29 is 14.0 Å². The van der Waals surface area contributed by atoms with Gasteiger partial charge in [0.15, 0.2) is 0 Å². The lowest BCUT2D eigenvalue weighted by atomic mass is 10.1. The molecule has 0 radical (unpaired) electrons. The van der Waals surface area contributed by atoms with Crippen LogP contribution in [0.4, 0.5) is 10.1 Å². The van der Waals surface area contributed by atoms with Crippen LogP contribution < -0.4 is 4.90 Å². The fourth-order valence-electron chi connectivity index (χ4n) is 1.45. The maximum absolute atomic E-state index is 13.4. The van der Waals surface area contributed by atoms with Crippen molar-refractivity contribution in [1.82, 2.24) is 0 Å². The SMILES string of the molecule is CN1C(=O)C(=O)c2cc(Br)cc(F)c21. The zero-order chi connectivity index (χ0) is 10.5. The molecule has 1 aliphatic rings. The number of rotatable bonds is 0. The smallest absolute Gasteiger partial charge is 0.299 e. The van der Waals surface area contributed by atoms with Crippen molar-refractivity contribution in [2.75, 3.05) is 11.9 Å². The lowest BCUT2D eigenvalue weighted by Crippen LogP contribution is -2.25. The van der Waals surface area contributed by atoms with Crippen LogP contribution in [0.15, 0.2) is 16.6 Å². The van der Waals surface area contributed by atoms with Crippen molar-refractivity contribution in [3.8, 4) is 0 Å². The zero-order valence-electron chi connectivity index (χ0n) is 7.17. The Bertz CT molecular complexity index is 458. The Hall–Kier alpha value is -1.23. The van der Waals surface area contributed by atoms with Gasteiger partial charge in [-0.25, -0.2) is 4.39 Å². The number of likely N-dealkylation sites (N-methyl/N-ethyl adjacent to an activating group) is 1. The Labute approximate surface area is 87.6 Å². The highest BCUT2D eigenvalue weighted by atomic mass is 79.9. The molecule has 0 N–H and O–H groups in total. The number of fused-ring (bicyclic) bond motifs is 1. The third-order valence-corrected chi connectivity index (χ3v) is 2.56. The van der Waals surface area contributed by atoms with Crippen LogP contribution in [-0.2, 0) is 4.79 Å². The molecule has 5 heteroatoms. The summed E-state index contributed by atoms with van der Waals surface area (Å²) in [7, 11) is 1.38. The number of carbonyl (C=O) groups excluding carboxylic acids is 2. The average Bonchev–Trinajstić information content (AvgIpc) is 2.31. The van der Waals surface area contributed by atoms with Crippen LogP contribution in [0.25, 0.3) is 0 Å². The van der Waals surface area contributed by atoms with Crippen LogP contribution in [0, 0.1) is 5.82 Å². The molecule has 0 unspecified atom stereocenters. The fraction of sp³-hybridized carbons (Fsp3) is 0.111. The standard InChI is InChI=1S/C9H5BrFNO2/c1-12-7-5(8(13)9(12)14)2-4(10)3-6(7)11/h2-3H,1H3. The van der Waals surface area contributed by atoms with Gasteiger partial charge in [0.2, 0.25) is 0 Å². The Kier molecular flexibility index (Phi) is 1.92. The van der Waals surface area contributed by atoms with Gasteiger partial charge in [0.1, 0.15) is 5.82 Å². The Morgan fingerprint density at radius 1 is 1.36 bits per heavy atom. The first-order valence-corrected chi connectivity index (χ1v) is 4.63. The van der Waals surface area contributed by atoms with Gasteiger partial charge >= 0.3 is 0 Å². The summed E-state index contributed by atoms with van der Waals surface area (Å²) in [5.74, 6) is -1.93. The van der Waals surface area contributed by atoms with Crippen LogP contribution >= 0.6 is 15.9 Å². The molecule has 0 fully saturated rings. The highest BCUT2D eigenvalue weighted by Crippen LogP contribution is 2.33. The first kappa shape index (κ1) is 9.33. The zero-order valence-corrected chi connectivity index (χ0v) is 8.76. The van der Waals surface area contributed by atoms with Gasteiger partial charge in [-0.2, -0.15) is 0 Å². The molecule has 0 saturated carbocycles. The minimum atomic E-state index is -0.697. The van der Waals surface area contributed by atoms with E-state index in [1.165, 1.54) is 19.2 Å². The van der Waals surface area contributed by atoms with E-state index in [4.69, 9.17) is 0 Å². The molecular weight excluding hydrogens is 253 g/mol. The quantitative estimate of drug-likeness (QED) is 0.665. The number of anilines is 1. The number of hydrogen-bond acceptors (Lipinski definition) is 2. The minimum Gasteiger partial charge on any atom is -0.305 e. The maximum atomic E-state index is 13.4. The second kappa shape index (κ2) is 2.88. The van der Waals surface area contributed by atoms with E-state index in [0.717, 1.165) is 4.90 Å². The Morgan fingerprint density at radius 3 is 2.64 bits per heavy atom. The third kappa shape index (κ3) is 1.09. The number of benzene rings is 1. The van der Waals surface area contributed by atoms with E-state index in [1.54, 1.807) is 0 Å². The Balaban J connectivity index is 2.75. The Morgan fingerprint density at radius 2 is 2.00 bits per heavy atom. The maximum Gasteiger partial charge on any atom is 0.299 e. The topological polar surface area (TPSA) is 37.4 Å². The van der Waals surface area contributed by atoms with Crippen LogP contribution in [-0.4, -0.2) is 18.7 Å². The summed E-state index contributed by atoms with van der Waals surface area (Å²) in [6.07, 6.45) is 0. The van der Waals surface area contributed by atoms with Crippen molar-refractivity contribution in [3.05, 3.63) is 28.0 Å². The number of ketones is 1. The molecule has 1 aliphatic heterocycles. The third-order valence-electron chi connectivity index (χ3n) is 2.11. The van der Waals surface area contributed by atoms with Crippen molar-refractivity contribution in [1.29, 1.82) is 0 Å². The monoisotopic (exact) mass is 257 g/mol. The first-order chi connectivity index (χ1) is 6.52. The van der Waals surface area contributed by atoms with Gasteiger partial charge < -0.3 is 4.90 Å². The van der Waals surface area contributed by atoms with Gasteiger partial charge in [-0.1, -0.05) is 15.9 Å². The highest BCUT2D eigenvalue weighted by molar-refractivity contribution is 9.10. The van der Waals surface area contributed by atoms with Gasteiger partial charge in [-0.05, 0) is 12.1 Å². The van der Waals surface area contributed by atoms with Crippen molar-refractivity contribution in [3.63, 3.8) is 0 Å². The van der Waals surface area contributed by atoms with Crippen molar-refractivity contribution in [2.24, 2.45) is 0 Å². The van der Waals surface area contributed by atoms with Gasteiger partial charge in [0.25, 0.3) is 11.7 Å². The molecule has 0 aromatic heterocycles. The predicted octanol–water partition coefficient (Wildman–Crippen LogP) is 1.75. The first-order valence-electron chi connectivity index (χ1n) is 3.84. The second-order valence-electron chi connectivity index (χ2n) is 2.98. The molecule has 0 bridgehead atoms. The average molecular weight is 258 g/mol. The van der Waals surface area contributed by atoms with Gasteiger partial charge in [0, 0.05) is 11.5 Å². The van der Waals surface area contributed by atoms with E-state index in [0.29, 0.717) is 4.47 Å². The van der Waals surface area contributed by atoms with Crippen LogP contribution in [0.3, 0.4) is 0 Å². The molecule has 72 valence electrons.